The molecule has 108 valence electrons. The zero-order valence-electron chi connectivity index (χ0n) is 11.4. The van der Waals surface area contributed by atoms with E-state index in [0.717, 1.165) is 45.8 Å². The molecule has 0 aromatic rings. The van der Waals surface area contributed by atoms with Crippen molar-refractivity contribution in [3.8, 4) is 0 Å². The summed E-state index contributed by atoms with van der Waals surface area (Å²) in [7, 11) is -1.31. The third kappa shape index (κ3) is 6.10. The average molecular weight is 279 g/mol. The van der Waals surface area contributed by atoms with Gasteiger partial charge in [0.25, 0.3) is 0 Å². The topological polar surface area (TPSA) is 61.9 Å². The van der Waals surface area contributed by atoms with Crippen molar-refractivity contribution in [2.24, 2.45) is 0 Å². The molecule has 0 aromatic carbocycles. The standard InChI is InChI=1S/C11H25N3O3S/c1-17-11-5-12-4-3-6-13-7-9-14(10-8-13)18(2,15)16/h12H,3-11H2,1-2H3. The van der Waals surface area contributed by atoms with Gasteiger partial charge in [-0.1, -0.05) is 0 Å². The first-order valence-corrected chi connectivity index (χ1v) is 8.26. The van der Waals surface area contributed by atoms with Crippen LogP contribution in [0, 0.1) is 0 Å². The molecule has 7 heteroatoms. The van der Waals surface area contributed by atoms with Crippen LogP contribution < -0.4 is 5.32 Å². The van der Waals surface area contributed by atoms with E-state index in [4.69, 9.17) is 4.74 Å². The average Bonchev–Trinajstić information content (AvgIpc) is 2.33. The fourth-order valence-corrected chi connectivity index (χ4v) is 2.84. The van der Waals surface area contributed by atoms with Crippen LogP contribution in [0.25, 0.3) is 0 Å². The van der Waals surface area contributed by atoms with E-state index in [1.54, 1.807) is 11.4 Å². The van der Waals surface area contributed by atoms with Gasteiger partial charge in [-0.2, -0.15) is 4.31 Å². The maximum Gasteiger partial charge on any atom is 0.211 e. The third-order valence-corrected chi connectivity index (χ3v) is 4.41. The first-order chi connectivity index (χ1) is 8.54. The summed E-state index contributed by atoms with van der Waals surface area (Å²) >= 11 is 0. The van der Waals surface area contributed by atoms with E-state index in [1.165, 1.54) is 6.26 Å². The van der Waals surface area contributed by atoms with Crippen molar-refractivity contribution in [3.05, 3.63) is 0 Å². The lowest BCUT2D eigenvalue weighted by Crippen LogP contribution is -2.48. The summed E-state index contributed by atoms with van der Waals surface area (Å²) in [4.78, 5) is 2.32. The number of nitrogens with one attached hydrogen (secondary N) is 1. The summed E-state index contributed by atoms with van der Waals surface area (Å²) < 4.78 is 29.2. The highest BCUT2D eigenvalue weighted by Crippen LogP contribution is 2.05. The zero-order chi connectivity index (χ0) is 13.4. The van der Waals surface area contributed by atoms with Gasteiger partial charge in [-0.05, 0) is 19.5 Å². The summed E-state index contributed by atoms with van der Waals surface area (Å²) in [5.41, 5.74) is 0. The summed E-state index contributed by atoms with van der Waals surface area (Å²) in [6, 6.07) is 0. The summed E-state index contributed by atoms with van der Waals surface area (Å²) in [5.74, 6) is 0. The highest BCUT2D eigenvalue weighted by atomic mass is 32.2. The zero-order valence-corrected chi connectivity index (χ0v) is 12.2. The number of ether oxygens (including phenoxy) is 1. The van der Waals surface area contributed by atoms with Crippen molar-refractivity contribution in [3.63, 3.8) is 0 Å². The molecule has 1 saturated heterocycles. The van der Waals surface area contributed by atoms with Gasteiger partial charge in [-0.3, -0.25) is 0 Å². The van der Waals surface area contributed by atoms with E-state index in [0.29, 0.717) is 13.1 Å². The normalized spacial score (nSPS) is 19.2. The molecular formula is C11H25N3O3S. The SMILES string of the molecule is COCCNCCCN1CCN(S(C)(=O)=O)CC1. The van der Waals surface area contributed by atoms with Gasteiger partial charge in [0, 0.05) is 39.8 Å². The van der Waals surface area contributed by atoms with Gasteiger partial charge in [0.1, 0.15) is 0 Å². The van der Waals surface area contributed by atoms with E-state index < -0.39 is 10.0 Å². The Bertz CT molecular complexity index is 313. The fraction of sp³-hybridized carbons (Fsp3) is 1.00. The molecule has 1 aliphatic heterocycles. The van der Waals surface area contributed by atoms with Gasteiger partial charge in [0.15, 0.2) is 0 Å². The van der Waals surface area contributed by atoms with E-state index in [9.17, 15) is 8.42 Å². The summed E-state index contributed by atoms with van der Waals surface area (Å²) in [6.07, 6.45) is 2.37. The Labute approximate surface area is 110 Å². The molecule has 1 heterocycles. The smallest absolute Gasteiger partial charge is 0.211 e. The molecule has 1 aliphatic rings. The van der Waals surface area contributed by atoms with Crippen LogP contribution in [0.1, 0.15) is 6.42 Å². The quantitative estimate of drug-likeness (QED) is 0.589. The van der Waals surface area contributed by atoms with Crippen LogP contribution in [0.5, 0.6) is 0 Å². The van der Waals surface area contributed by atoms with Crippen molar-refractivity contribution < 1.29 is 13.2 Å². The number of methoxy groups -OCH3 is 1. The van der Waals surface area contributed by atoms with Crippen LogP contribution in [0.2, 0.25) is 0 Å². The Morgan fingerprint density at radius 3 is 2.39 bits per heavy atom. The largest absolute Gasteiger partial charge is 0.383 e. The van der Waals surface area contributed by atoms with Crippen LogP contribution in [0.3, 0.4) is 0 Å². The van der Waals surface area contributed by atoms with Gasteiger partial charge in [0.05, 0.1) is 12.9 Å². The van der Waals surface area contributed by atoms with Crippen LogP contribution in [-0.4, -0.2) is 83.4 Å². The van der Waals surface area contributed by atoms with Gasteiger partial charge in [-0.15, -0.1) is 0 Å². The molecule has 0 amide bonds. The fourth-order valence-electron chi connectivity index (χ4n) is 2.01. The number of hydrogen-bond donors (Lipinski definition) is 1. The van der Waals surface area contributed by atoms with Crippen LogP contribution in [-0.2, 0) is 14.8 Å². The second-order valence-electron chi connectivity index (χ2n) is 4.60. The minimum absolute atomic E-state index is 0.621. The van der Waals surface area contributed by atoms with Crippen LogP contribution in [0.15, 0.2) is 0 Å². The molecule has 0 unspecified atom stereocenters. The maximum absolute atomic E-state index is 11.3. The molecule has 6 nitrogen and oxygen atoms in total. The highest BCUT2D eigenvalue weighted by Gasteiger charge is 2.22. The molecule has 0 radical (unpaired) electrons. The predicted molar refractivity (Wildman–Crippen MR) is 72.2 cm³/mol. The molecular weight excluding hydrogens is 254 g/mol. The Balaban J connectivity index is 2.06. The van der Waals surface area contributed by atoms with Crippen molar-refractivity contribution in [2.45, 2.75) is 6.42 Å². The monoisotopic (exact) mass is 279 g/mol. The lowest BCUT2D eigenvalue weighted by atomic mass is 10.3. The Morgan fingerprint density at radius 2 is 1.83 bits per heavy atom. The van der Waals surface area contributed by atoms with Crippen molar-refractivity contribution in [2.75, 3.05) is 65.8 Å². The van der Waals surface area contributed by atoms with Gasteiger partial charge < -0.3 is 15.0 Å². The number of nitrogens with zero attached hydrogens (tertiary/aromatic N) is 2. The van der Waals surface area contributed by atoms with Crippen molar-refractivity contribution >= 4 is 10.0 Å². The Hall–Kier alpha value is -0.210. The summed E-state index contributed by atoms with van der Waals surface area (Å²) in [6.45, 7) is 6.56. The van der Waals surface area contributed by atoms with Gasteiger partial charge >= 0.3 is 0 Å². The molecule has 18 heavy (non-hydrogen) atoms. The molecule has 1 fully saturated rings. The molecule has 0 aliphatic carbocycles. The molecule has 1 rings (SSSR count). The van der Waals surface area contributed by atoms with Crippen LogP contribution >= 0.6 is 0 Å². The van der Waals surface area contributed by atoms with Gasteiger partial charge in [-0.25, -0.2) is 8.42 Å². The molecule has 0 spiro atoms. The minimum Gasteiger partial charge on any atom is -0.383 e. The first-order valence-electron chi connectivity index (χ1n) is 6.41. The number of sulfonamides is 1. The predicted octanol–water partition coefficient (Wildman–Crippen LogP) is -0.810. The summed E-state index contributed by atoms with van der Waals surface area (Å²) in [5, 5.41) is 3.30. The maximum atomic E-state index is 11.3. The van der Waals surface area contributed by atoms with Crippen molar-refractivity contribution in [1.82, 2.24) is 14.5 Å². The van der Waals surface area contributed by atoms with E-state index in [1.807, 2.05) is 0 Å². The minimum atomic E-state index is -3.00. The number of rotatable bonds is 8. The number of hydrogen-bond acceptors (Lipinski definition) is 5. The second kappa shape index (κ2) is 8.06. The van der Waals surface area contributed by atoms with E-state index in [2.05, 4.69) is 10.2 Å². The molecule has 0 saturated carbocycles. The van der Waals surface area contributed by atoms with Crippen molar-refractivity contribution in [1.29, 1.82) is 0 Å². The Kier molecular flexibility index (Phi) is 7.10. The molecule has 0 atom stereocenters. The Morgan fingerprint density at radius 1 is 1.17 bits per heavy atom. The van der Waals surface area contributed by atoms with Gasteiger partial charge in [0.2, 0.25) is 10.0 Å². The highest BCUT2D eigenvalue weighted by molar-refractivity contribution is 7.88. The second-order valence-corrected chi connectivity index (χ2v) is 6.58. The molecule has 0 aromatic heterocycles. The molecule has 0 bridgehead atoms. The van der Waals surface area contributed by atoms with E-state index in [-0.39, 0.29) is 0 Å². The lowest BCUT2D eigenvalue weighted by molar-refractivity contribution is 0.183. The van der Waals surface area contributed by atoms with E-state index >= 15 is 0 Å². The molecule has 1 N–H and O–H groups in total. The third-order valence-electron chi connectivity index (χ3n) is 3.11. The lowest BCUT2D eigenvalue weighted by Gasteiger charge is -2.33. The number of piperazine rings is 1. The first kappa shape index (κ1) is 15.8. The van der Waals surface area contributed by atoms with Crippen LogP contribution in [0.4, 0.5) is 0 Å².